The van der Waals surface area contributed by atoms with Gasteiger partial charge in [0.1, 0.15) is 0 Å². The molecule has 0 aromatic carbocycles. The van der Waals surface area contributed by atoms with Crippen LogP contribution in [0.15, 0.2) is 18.1 Å². The largest absolute Gasteiger partial charge is 0.330 e. The molecule has 0 aliphatic rings. The van der Waals surface area contributed by atoms with Crippen LogP contribution in [-0.2, 0) is 4.57 Å². The van der Waals surface area contributed by atoms with Crippen LogP contribution >= 0.6 is 7.52 Å². The number of nitrogens with two attached hydrogens (primary N) is 1. The third-order valence-corrected chi connectivity index (χ3v) is 0.829. The molecule has 0 saturated carbocycles. The van der Waals surface area contributed by atoms with E-state index in [1.165, 1.54) is 0 Å². The molecule has 0 fully saturated rings. The molecule has 40 valence electrons. The standard InChI is InChI=1S/C3H6NO2P/c1-2-3-7(4,5)6/h3H,1H2,(H3,4,5,6). The van der Waals surface area contributed by atoms with Crippen LogP contribution in [0.3, 0.4) is 0 Å². The van der Waals surface area contributed by atoms with E-state index in [-0.39, 0.29) is 0 Å². The predicted molar refractivity (Wildman–Crippen MR) is 27.7 cm³/mol. The Morgan fingerprint density at radius 3 is 2.43 bits per heavy atom. The molecule has 0 aromatic heterocycles. The minimum absolute atomic E-state index is 0.840. The monoisotopic (exact) mass is 119 g/mol. The molecular formula is C3H6NO2P. The van der Waals surface area contributed by atoms with Crippen molar-refractivity contribution in [3.05, 3.63) is 18.1 Å². The van der Waals surface area contributed by atoms with Crippen LogP contribution in [0.4, 0.5) is 0 Å². The summed E-state index contributed by atoms with van der Waals surface area (Å²) < 4.78 is 9.99. The van der Waals surface area contributed by atoms with Crippen LogP contribution in [0.5, 0.6) is 0 Å². The van der Waals surface area contributed by atoms with E-state index in [4.69, 9.17) is 4.89 Å². The molecule has 0 heterocycles. The molecule has 1 unspecified atom stereocenters. The Morgan fingerprint density at radius 2 is 2.43 bits per heavy atom. The molecule has 3 N–H and O–H groups in total. The highest BCUT2D eigenvalue weighted by molar-refractivity contribution is 7.58. The zero-order chi connectivity index (χ0) is 5.91. The highest BCUT2D eigenvalue weighted by Crippen LogP contribution is 2.29. The van der Waals surface area contributed by atoms with Crippen molar-refractivity contribution in [2.45, 2.75) is 0 Å². The van der Waals surface area contributed by atoms with Crippen molar-refractivity contribution in [3.8, 4) is 0 Å². The van der Waals surface area contributed by atoms with Crippen LogP contribution < -0.4 is 5.50 Å². The number of rotatable bonds is 1. The van der Waals surface area contributed by atoms with E-state index in [1.54, 1.807) is 0 Å². The molecule has 0 radical (unpaired) electrons. The molecule has 7 heavy (non-hydrogen) atoms. The highest BCUT2D eigenvalue weighted by Gasteiger charge is 1.99. The lowest BCUT2D eigenvalue weighted by molar-refractivity contribution is 0.490. The normalized spacial score (nSPS) is 16.9. The summed E-state index contributed by atoms with van der Waals surface area (Å²) in [6.07, 6.45) is 0. The number of hydrogen-bond donors (Lipinski definition) is 2. The quantitative estimate of drug-likeness (QED) is 0.388. The van der Waals surface area contributed by atoms with E-state index in [9.17, 15) is 4.57 Å². The molecule has 0 saturated heterocycles. The molecule has 0 rings (SSSR count). The Morgan fingerprint density at radius 1 is 2.00 bits per heavy atom. The van der Waals surface area contributed by atoms with Gasteiger partial charge in [-0.05, 0) is 0 Å². The Labute approximate surface area is 41.7 Å². The third-order valence-electron chi connectivity index (χ3n) is 0.276. The van der Waals surface area contributed by atoms with E-state index < -0.39 is 7.52 Å². The Hall–Kier alpha value is -0.330. The zero-order valence-electron chi connectivity index (χ0n) is 3.66. The van der Waals surface area contributed by atoms with Gasteiger partial charge in [-0.15, -0.1) is 5.73 Å². The van der Waals surface area contributed by atoms with Crippen molar-refractivity contribution in [3.63, 3.8) is 0 Å². The second kappa shape index (κ2) is 2.10. The lowest BCUT2D eigenvalue weighted by Crippen LogP contribution is -1.85. The molecule has 0 amide bonds. The van der Waals surface area contributed by atoms with Gasteiger partial charge < -0.3 is 4.89 Å². The number of hydrogen-bond acceptors (Lipinski definition) is 1. The van der Waals surface area contributed by atoms with Gasteiger partial charge in [-0.2, -0.15) is 0 Å². The second-order valence-electron chi connectivity index (χ2n) is 1.01. The van der Waals surface area contributed by atoms with Gasteiger partial charge >= 0.3 is 0 Å². The molecule has 0 spiro atoms. The molecule has 0 aliphatic carbocycles. The maximum absolute atomic E-state index is 9.99. The lowest BCUT2D eigenvalue weighted by atomic mass is 11.0. The SMILES string of the molecule is C=C=CP(N)(=O)O. The zero-order valence-corrected chi connectivity index (χ0v) is 4.56. The van der Waals surface area contributed by atoms with E-state index in [0.717, 1.165) is 5.82 Å². The van der Waals surface area contributed by atoms with Gasteiger partial charge in [0.2, 0.25) is 0 Å². The van der Waals surface area contributed by atoms with Gasteiger partial charge in [0.25, 0.3) is 7.52 Å². The van der Waals surface area contributed by atoms with Crippen LogP contribution in [-0.4, -0.2) is 4.89 Å². The smallest absolute Gasteiger partial charge is 0.294 e. The summed E-state index contributed by atoms with van der Waals surface area (Å²) in [5, 5.41) is 0. The molecule has 0 aromatic rings. The van der Waals surface area contributed by atoms with Gasteiger partial charge in [-0.25, -0.2) is 0 Å². The Balaban J connectivity index is 4.10. The topological polar surface area (TPSA) is 63.3 Å². The van der Waals surface area contributed by atoms with Gasteiger partial charge in [-0.1, -0.05) is 6.58 Å². The highest BCUT2D eigenvalue weighted by atomic mass is 31.2. The summed E-state index contributed by atoms with van der Waals surface area (Å²) >= 11 is 0. The van der Waals surface area contributed by atoms with Crippen molar-refractivity contribution in [2.75, 3.05) is 0 Å². The van der Waals surface area contributed by atoms with E-state index in [0.29, 0.717) is 0 Å². The molecular weight excluding hydrogens is 113 g/mol. The molecule has 0 aliphatic heterocycles. The average molecular weight is 119 g/mol. The van der Waals surface area contributed by atoms with Gasteiger partial charge in [0, 0.05) is 0 Å². The predicted octanol–water partition coefficient (Wildman–Crippen LogP) is 0.429. The third kappa shape index (κ3) is 5.67. The minimum Gasteiger partial charge on any atom is -0.330 e. The average Bonchev–Trinajstić information content (AvgIpc) is 1.30. The fraction of sp³-hybridized carbons (Fsp3) is 0. The van der Waals surface area contributed by atoms with Crippen molar-refractivity contribution < 1.29 is 9.46 Å². The van der Waals surface area contributed by atoms with Crippen molar-refractivity contribution in [1.29, 1.82) is 0 Å². The first-order valence-electron chi connectivity index (χ1n) is 1.54. The maximum atomic E-state index is 9.99. The van der Waals surface area contributed by atoms with E-state index in [1.807, 2.05) is 0 Å². The second-order valence-corrected chi connectivity index (χ2v) is 2.61. The summed E-state index contributed by atoms with van der Waals surface area (Å²) in [7, 11) is -3.46. The van der Waals surface area contributed by atoms with Crippen molar-refractivity contribution in [2.24, 2.45) is 5.50 Å². The van der Waals surface area contributed by atoms with Crippen LogP contribution in [0.2, 0.25) is 0 Å². The lowest BCUT2D eigenvalue weighted by Gasteiger charge is -1.89. The van der Waals surface area contributed by atoms with Gasteiger partial charge in [0.15, 0.2) is 0 Å². The Bertz CT molecular complexity index is 141. The van der Waals surface area contributed by atoms with E-state index >= 15 is 0 Å². The molecule has 1 atom stereocenters. The summed E-state index contributed by atoms with van der Waals surface area (Å²) in [5.41, 5.74) is 6.69. The first-order chi connectivity index (χ1) is 3.06. The van der Waals surface area contributed by atoms with Gasteiger partial charge in [0.05, 0.1) is 5.82 Å². The van der Waals surface area contributed by atoms with Crippen LogP contribution in [0, 0.1) is 0 Å². The van der Waals surface area contributed by atoms with Gasteiger partial charge in [-0.3, -0.25) is 10.1 Å². The maximum Gasteiger partial charge on any atom is 0.294 e. The van der Waals surface area contributed by atoms with Crippen molar-refractivity contribution in [1.82, 2.24) is 0 Å². The van der Waals surface area contributed by atoms with Crippen LogP contribution in [0.1, 0.15) is 0 Å². The Kier molecular flexibility index (Phi) is 2.00. The van der Waals surface area contributed by atoms with Crippen molar-refractivity contribution >= 4 is 7.52 Å². The molecule has 3 nitrogen and oxygen atoms in total. The van der Waals surface area contributed by atoms with Crippen LogP contribution in [0.25, 0.3) is 0 Å². The minimum atomic E-state index is -3.46. The summed E-state index contributed by atoms with van der Waals surface area (Å²) in [6.45, 7) is 3.05. The molecule has 0 bridgehead atoms. The summed E-state index contributed by atoms with van der Waals surface area (Å²) in [4.78, 5) is 8.19. The first-order valence-corrected chi connectivity index (χ1v) is 3.34. The fourth-order valence-corrected chi connectivity index (χ4v) is 0.392. The fourth-order valence-electron chi connectivity index (χ4n) is 0.131. The van der Waals surface area contributed by atoms with E-state index in [2.05, 4.69) is 17.8 Å². The summed E-state index contributed by atoms with van der Waals surface area (Å²) in [5.74, 6) is 0.840. The first kappa shape index (κ1) is 6.67. The molecule has 4 heteroatoms. The summed E-state index contributed by atoms with van der Waals surface area (Å²) in [6, 6.07) is 0.